The van der Waals surface area contributed by atoms with Crippen LogP contribution in [-0.4, -0.2) is 92.6 Å². The van der Waals surface area contributed by atoms with Crippen LogP contribution < -0.4 is 4.72 Å². The summed E-state index contributed by atoms with van der Waals surface area (Å²) >= 11 is 0. The first-order chi connectivity index (χ1) is 19.5. The Balaban J connectivity index is 2.29. The molecule has 0 saturated carbocycles. The number of non-ortho nitro benzene ring substituents is 1. The molecule has 5 atom stereocenters. The predicted molar refractivity (Wildman–Crippen MR) is 133 cm³/mol. The van der Waals surface area contributed by atoms with Crippen LogP contribution in [0, 0.1) is 20.2 Å². The van der Waals surface area contributed by atoms with Crippen LogP contribution >= 0.6 is 0 Å². The zero-order valence-corrected chi connectivity index (χ0v) is 23.4. The number of hydrogen-bond donors (Lipinski definition) is 1. The number of benzene rings is 1. The summed E-state index contributed by atoms with van der Waals surface area (Å²) in [5.74, 6) is -3.35. The summed E-state index contributed by atoms with van der Waals surface area (Å²) in [6.45, 7) is 2.56. The Morgan fingerprint density at radius 3 is 1.98 bits per heavy atom. The number of carbonyl (C=O) groups is 4. The maximum atomic E-state index is 12.7. The summed E-state index contributed by atoms with van der Waals surface area (Å²) in [4.78, 5) is 66.2. The molecule has 0 bridgehead atoms. The maximum absolute atomic E-state index is 12.7. The molecule has 19 nitrogen and oxygen atoms in total. The van der Waals surface area contributed by atoms with E-state index in [1.807, 2.05) is 4.72 Å². The lowest BCUT2D eigenvalue weighted by Crippen LogP contribution is -2.63. The lowest BCUT2D eigenvalue weighted by molar-refractivity contribution is -0.396. The normalized spacial score (nSPS) is 22.0. The topological polar surface area (TPSA) is 256 Å². The molecule has 232 valence electrons. The van der Waals surface area contributed by atoms with Crippen molar-refractivity contribution in [1.82, 2.24) is 4.72 Å². The van der Waals surface area contributed by atoms with E-state index in [4.69, 9.17) is 28.4 Å². The van der Waals surface area contributed by atoms with Gasteiger partial charge in [-0.3, -0.25) is 39.4 Å². The summed E-state index contributed by atoms with van der Waals surface area (Å²) in [5, 5.41) is 22.3. The van der Waals surface area contributed by atoms with Gasteiger partial charge in [-0.15, -0.1) is 0 Å². The number of carbonyl (C=O) groups excluding carboxylic acids is 4. The van der Waals surface area contributed by atoms with E-state index in [1.54, 1.807) is 0 Å². The zero-order valence-electron chi connectivity index (χ0n) is 22.6. The molecule has 1 N–H and O–H groups in total. The van der Waals surface area contributed by atoms with Gasteiger partial charge in [0.05, 0.1) is 22.5 Å². The summed E-state index contributed by atoms with van der Waals surface area (Å²) in [6.07, 6.45) is -7.41. The van der Waals surface area contributed by atoms with Gasteiger partial charge in [-0.1, -0.05) is 0 Å². The zero-order chi connectivity index (χ0) is 31.8. The highest BCUT2D eigenvalue weighted by Crippen LogP contribution is 2.30. The molecule has 1 heterocycles. The van der Waals surface area contributed by atoms with E-state index in [1.165, 1.54) is 0 Å². The second-order valence-corrected chi connectivity index (χ2v) is 10.2. The molecule has 1 aromatic rings. The maximum Gasteiger partial charge on any atom is 0.303 e. The number of rotatable bonds is 13. The highest BCUT2D eigenvalue weighted by molar-refractivity contribution is 7.89. The average molecular weight is 622 g/mol. The Morgan fingerprint density at radius 2 is 1.45 bits per heavy atom. The summed E-state index contributed by atoms with van der Waals surface area (Å²) in [7, 11) is -4.60. The van der Waals surface area contributed by atoms with Crippen molar-refractivity contribution in [3.05, 3.63) is 38.4 Å². The molecule has 0 spiro atoms. The van der Waals surface area contributed by atoms with Crippen molar-refractivity contribution in [2.75, 3.05) is 19.8 Å². The average Bonchev–Trinajstić information content (AvgIpc) is 2.87. The molecule has 1 saturated heterocycles. The lowest BCUT2D eigenvalue weighted by Gasteiger charge is -2.44. The highest BCUT2D eigenvalue weighted by Gasteiger charge is 2.52. The van der Waals surface area contributed by atoms with Crippen molar-refractivity contribution in [3.63, 3.8) is 0 Å². The molecule has 1 fully saturated rings. The first kappa shape index (κ1) is 33.9. The molecule has 1 aliphatic rings. The van der Waals surface area contributed by atoms with E-state index in [0.29, 0.717) is 12.1 Å². The van der Waals surface area contributed by atoms with Gasteiger partial charge in [0.1, 0.15) is 12.7 Å². The highest BCUT2D eigenvalue weighted by atomic mass is 32.2. The second-order valence-electron chi connectivity index (χ2n) is 8.50. The number of esters is 4. The van der Waals surface area contributed by atoms with Gasteiger partial charge in [0.25, 0.3) is 11.4 Å². The van der Waals surface area contributed by atoms with E-state index >= 15 is 0 Å². The number of sulfonamides is 1. The lowest BCUT2D eigenvalue weighted by atomic mass is 9.98. The number of nitrogens with one attached hydrogen (secondary N) is 1. The smallest absolute Gasteiger partial charge is 0.303 e. The van der Waals surface area contributed by atoms with Gasteiger partial charge in [-0.2, -0.15) is 0 Å². The van der Waals surface area contributed by atoms with E-state index in [9.17, 15) is 47.8 Å². The second kappa shape index (κ2) is 14.6. The third-order valence-corrected chi connectivity index (χ3v) is 6.77. The van der Waals surface area contributed by atoms with Crippen LogP contribution in [0.2, 0.25) is 0 Å². The van der Waals surface area contributed by atoms with Gasteiger partial charge in [-0.05, 0) is 6.07 Å². The molecular weight excluding hydrogens is 594 g/mol. The van der Waals surface area contributed by atoms with Crippen LogP contribution in [-0.2, 0) is 57.6 Å². The monoisotopic (exact) mass is 621 g/mol. The van der Waals surface area contributed by atoms with E-state index < -0.39 is 110 Å². The predicted octanol–water partition coefficient (Wildman–Crippen LogP) is -0.119. The third-order valence-electron chi connectivity index (χ3n) is 5.26. The standard InChI is InChI=1S/C22H27N3O16S/c1-11(26)37-10-17-19(38-12(2)27)20(39-13(3)28)21(40-14(4)29)22(41-17)36-8-7-23-42(34,35)18-6-5-15(24(30)31)9-16(18)25(32)33/h5-6,9,17,19-23H,7-8,10H2,1-4H3/t17-,19+,20+,21-,22-/m1/s1. The molecule has 0 aliphatic carbocycles. The minimum atomic E-state index is -4.60. The summed E-state index contributed by atoms with van der Waals surface area (Å²) in [5.41, 5.74) is -1.75. The molecule has 1 aliphatic heterocycles. The van der Waals surface area contributed by atoms with Crippen molar-refractivity contribution in [2.45, 2.75) is 63.3 Å². The van der Waals surface area contributed by atoms with Gasteiger partial charge in [0, 0.05) is 40.3 Å². The Hall–Kier alpha value is -4.27. The third kappa shape index (κ3) is 9.39. The molecule has 0 aromatic heterocycles. The Labute approximate surface area is 237 Å². The van der Waals surface area contributed by atoms with Gasteiger partial charge < -0.3 is 28.4 Å². The van der Waals surface area contributed by atoms with Gasteiger partial charge in [0.2, 0.25) is 10.0 Å². The van der Waals surface area contributed by atoms with Crippen LogP contribution in [0.5, 0.6) is 0 Å². The van der Waals surface area contributed by atoms with Crippen molar-refractivity contribution in [2.24, 2.45) is 0 Å². The molecule has 2 rings (SSSR count). The first-order valence-electron chi connectivity index (χ1n) is 11.9. The largest absolute Gasteiger partial charge is 0.463 e. The van der Waals surface area contributed by atoms with Crippen LogP contribution in [0.4, 0.5) is 11.4 Å². The van der Waals surface area contributed by atoms with Crippen molar-refractivity contribution >= 4 is 45.3 Å². The SMILES string of the molecule is CC(=O)OC[C@H]1O[C@@H](OCCNS(=O)(=O)c2ccc([N+](=O)[O-])cc2[N+](=O)[O-])[C@H](OC(C)=O)[C@@H](OC(C)=O)[C@H]1OC(C)=O. The van der Waals surface area contributed by atoms with Crippen LogP contribution in [0.1, 0.15) is 27.7 Å². The van der Waals surface area contributed by atoms with Gasteiger partial charge in [0.15, 0.2) is 29.5 Å². The van der Waals surface area contributed by atoms with Crippen LogP contribution in [0.15, 0.2) is 23.1 Å². The molecule has 20 heteroatoms. The van der Waals surface area contributed by atoms with Gasteiger partial charge >= 0.3 is 23.9 Å². The minimum Gasteiger partial charge on any atom is -0.463 e. The van der Waals surface area contributed by atoms with Crippen LogP contribution in [0.3, 0.4) is 0 Å². The number of nitro groups is 2. The van der Waals surface area contributed by atoms with Crippen LogP contribution in [0.25, 0.3) is 0 Å². The number of nitrogens with zero attached hydrogens (tertiary/aromatic N) is 2. The van der Waals surface area contributed by atoms with Crippen molar-refractivity contribution in [1.29, 1.82) is 0 Å². The van der Waals surface area contributed by atoms with Crippen molar-refractivity contribution < 1.29 is 65.9 Å². The Bertz CT molecular complexity index is 1330. The first-order valence-corrected chi connectivity index (χ1v) is 13.4. The van der Waals surface area contributed by atoms with Gasteiger partial charge in [-0.25, -0.2) is 13.1 Å². The number of hydrogen-bond acceptors (Lipinski definition) is 16. The molecule has 0 unspecified atom stereocenters. The minimum absolute atomic E-state index is 0.489. The fourth-order valence-corrected chi connectivity index (χ4v) is 4.90. The van der Waals surface area contributed by atoms with E-state index in [-0.39, 0.29) is 0 Å². The fourth-order valence-electron chi connectivity index (χ4n) is 3.74. The number of ether oxygens (including phenoxy) is 6. The molecule has 0 radical (unpaired) electrons. The Morgan fingerprint density at radius 1 is 0.881 bits per heavy atom. The number of nitro benzene ring substituents is 2. The summed E-state index contributed by atoms with van der Waals surface area (Å²) < 4.78 is 59.3. The summed E-state index contributed by atoms with van der Waals surface area (Å²) in [6, 6.07) is 1.96. The molecular formula is C22H27N3O16S. The van der Waals surface area contributed by atoms with E-state index in [2.05, 4.69) is 0 Å². The van der Waals surface area contributed by atoms with Crippen molar-refractivity contribution in [3.8, 4) is 0 Å². The quantitative estimate of drug-likeness (QED) is 0.0989. The van der Waals surface area contributed by atoms with E-state index in [0.717, 1.165) is 33.8 Å². The Kier molecular flexibility index (Phi) is 11.8. The molecule has 42 heavy (non-hydrogen) atoms. The fraction of sp³-hybridized carbons (Fsp3) is 0.545. The molecule has 0 amide bonds. The molecule has 1 aromatic carbocycles.